The first kappa shape index (κ1) is 18.8. The van der Waals surface area contributed by atoms with E-state index in [1.54, 1.807) is 0 Å². The van der Waals surface area contributed by atoms with E-state index in [0.29, 0.717) is 22.6 Å². The Balaban J connectivity index is 2.02. The predicted octanol–water partition coefficient (Wildman–Crippen LogP) is 5.64. The molecule has 3 heterocycles. The molecule has 26 heavy (non-hydrogen) atoms. The van der Waals surface area contributed by atoms with Gasteiger partial charge in [0.15, 0.2) is 0 Å². The van der Waals surface area contributed by atoms with Crippen molar-refractivity contribution in [1.29, 1.82) is 0 Å². The molecule has 2 aromatic rings. The maximum absolute atomic E-state index is 5.30. The summed E-state index contributed by atoms with van der Waals surface area (Å²) in [5.41, 5.74) is 7.23. The predicted molar refractivity (Wildman–Crippen MR) is 120 cm³/mol. The van der Waals surface area contributed by atoms with Crippen molar-refractivity contribution >= 4 is 36.4 Å². The number of rotatable bonds is 2. The first-order chi connectivity index (χ1) is 12.3. The quantitative estimate of drug-likeness (QED) is 0.493. The van der Waals surface area contributed by atoms with Crippen LogP contribution in [0.5, 0.6) is 0 Å². The average molecular weight is 386 g/mol. The standard InChI is InChI=1S/C22H32N2P2/c1-15-11-12-16(2)25(15,5)21-22(26(6)17(3)13-14-18(26)4)24-20-10-8-7-9-19(20)23-21/h7-10,15-18H,5-6,11-14H2,1-4H3/t15-,16-,17-,18-/m1/s1. The summed E-state index contributed by atoms with van der Waals surface area (Å²) in [6.07, 6.45) is 5.11. The molecule has 140 valence electrons. The fourth-order valence-corrected chi connectivity index (χ4v) is 13.5. The molecule has 0 spiro atoms. The molecule has 4 atom stereocenters. The Labute approximate surface area is 160 Å². The summed E-state index contributed by atoms with van der Waals surface area (Å²) in [5, 5.41) is 0. The van der Waals surface area contributed by atoms with Crippen LogP contribution in [-0.4, -0.2) is 32.6 Å². The minimum Gasteiger partial charge on any atom is -0.209 e. The highest BCUT2D eigenvalue weighted by Gasteiger charge is 2.54. The smallest absolute Gasteiger partial charge is 0.209 e. The number of hydrogen-bond donors (Lipinski definition) is 0. The minimum absolute atomic E-state index is 0.645. The molecule has 0 aliphatic carbocycles. The maximum atomic E-state index is 5.30. The number of para-hydroxylation sites is 2. The third-order valence-corrected chi connectivity index (χ3v) is 17.2. The van der Waals surface area contributed by atoms with Crippen molar-refractivity contribution in [3.8, 4) is 0 Å². The fraction of sp³-hybridized carbons (Fsp3) is 0.545. The van der Waals surface area contributed by atoms with E-state index in [9.17, 15) is 0 Å². The van der Waals surface area contributed by atoms with Gasteiger partial charge in [-0.15, -0.1) is 0 Å². The number of nitrogens with zero attached hydrogens (tertiary/aromatic N) is 2. The molecule has 0 saturated carbocycles. The molecule has 4 heteroatoms. The number of fused-ring (bicyclic) bond motifs is 1. The Morgan fingerprint density at radius 1 is 0.692 bits per heavy atom. The Morgan fingerprint density at radius 2 is 1.00 bits per heavy atom. The van der Waals surface area contributed by atoms with Crippen LogP contribution in [0.4, 0.5) is 0 Å². The normalized spacial score (nSPS) is 33.0. The van der Waals surface area contributed by atoms with Crippen LogP contribution in [0.25, 0.3) is 11.0 Å². The van der Waals surface area contributed by atoms with Crippen LogP contribution < -0.4 is 10.9 Å². The third kappa shape index (κ3) is 2.51. The highest BCUT2D eigenvalue weighted by Crippen LogP contribution is 2.75. The number of hydrogen-bond acceptors (Lipinski definition) is 2. The van der Waals surface area contributed by atoms with Crippen LogP contribution in [0.2, 0.25) is 0 Å². The van der Waals surface area contributed by atoms with Crippen LogP contribution >= 0.6 is 14.5 Å². The van der Waals surface area contributed by atoms with E-state index >= 15 is 0 Å². The summed E-state index contributed by atoms with van der Waals surface area (Å²) in [6.45, 7) is 19.5. The van der Waals surface area contributed by atoms with E-state index in [1.807, 2.05) is 0 Å². The van der Waals surface area contributed by atoms with Crippen molar-refractivity contribution < 1.29 is 0 Å². The highest BCUT2D eigenvalue weighted by molar-refractivity contribution is 7.90. The zero-order chi connectivity index (χ0) is 18.7. The molecule has 2 aliphatic rings. The zero-order valence-corrected chi connectivity index (χ0v) is 18.4. The third-order valence-electron chi connectivity index (χ3n) is 7.47. The summed E-state index contributed by atoms with van der Waals surface area (Å²) in [7, 11) is -3.16. The van der Waals surface area contributed by atoms with Gasteiger partial charge in [0.25, 0.3) is 0 Å². The van der Waals surface area contributed by atoms with Gasteiger partial charge < -0.3 is 0 Å². The minimum atomic E-state index is -1.58. The summed E-state index contributed by atoms with van der Waals surface area (Å²) >= 11 is 0. The molecule has 0 unspecified atom stereocenters. The summed E-state index contributed by atoms with van der Waals surface area (Å²) in [4.78, 5) is 10.6. The molecule has 2 nitrogen and oxygen atoms in total. The first-order valence-corrected chi connectivity index (χ1v) is 14.3. The summed E-state index contributed by atoms with van der Waals surface area (Å²) in [6, 6.07) is 8.38. The van der Waals surface area contributed by atoms with Crippen molar-refractivity contribution in [2.45, 2.75) is 76.0 Å². The van der Waals surface area contributed by atoms with Crippen LogP contribution in [0, 0.1) is 13.3 Å². The van der Waals surface area contributed by atoms with Crippen molar-refractivity contribution in [3.05, 3.63) is 37.6 Å². The van der Waals surface area contributed by atoms with Crippen molar-refractivity contribution in [1.82, 2.24) is 9.97 Å². The Bertz CT molecular complexity index is 746. The van der Waals surface area contributed by atoms with Gasteiger partial charge >= 0.3 is 0 Å². The molecule has 0 amide bonds. The second-order valence-corrected chi connectivity index (χ2v) is 16.9. The van der Waals surface area contributed by atoms with Gasteiger partial charge in [-0.3, -0.25) is 0 Å². The number of benzene rings is 1. The zero-order valence-electron chi connectivity index (χ0n) is 16.7. The molecule has 0 radical (unpaired) electrons. The molecule has 0 N–H and O–H groups in total. The second-order valence-electron chi connectivity index (χ2n) is 8.77. The van der Waals surface area contributed by atoms with E-state index in [2.05, 4.69) is 52.0 Å². The lowest BCUT2D eigenvalue weighted by atomic mass is 10.2. The van der Waals surface area contributed by atoms with Gasteiger partial charge in [0.05, 0.1) is 11.0 Å². The lowest BCUT2D eigenvalue weighted by Crippen LogP contribution is -2.40. The molecule has 1 aromatic heterocycles. The van der Waals surface area contributed by atoms with Crippen LogP contribution in [0.15, 0.2) is 24.3 Å². The van der Waals surface area contributed by atoms with Crippen molar-refractivity contribution in [3.63, 3.8) is 0 Å². The monoisotopic (exact) mass is 386 g/mol. The van der Waals surface area contributed by atoms with Gasteiger partial charge in [0.1, 0.15) is 0 Å². The fourth-order valence-electron chi connectivity index (χ4n) is 5.13. The number of aromatic nitrogens is 2. The van der Waals surface area contributed by atoms with Crippen LogP contribution in [0.1, 0.15) is 53.4 Å². The Hall–Kier alpha value is -0.580. The van der Waals surface area contributed by atoms with E-state index in [4.69, 9.17) is 23.3 Å². The highest BCUT2D eigenvalue weighted by atomic mass is 31.2. The van der Waals surface area contributed by atoms with E-state index in [0.717, 1.165) is 11.0 Å². The van der Waals surface area contributed by atoms with Crippen LogP contribution in [-0.2, 0) is 0 Å². The lowest BCUT2D eigenvalue weighted by Gasteiger charge is -2.39. The molecule has 2 saturated heterocycles. The molecular weight excluding hydrogens is 354 g/mol. The second kappa shape index (κ2) is 6.49. The molecular formula is C22H32N2P2. The van der Waals surface area contributed by atoms with E-state index in [-0.39, 0.29) is 0 Å². The SMILES string of the molecule is [CH2-][P+]1(c2nc3ccccc3nc2[P+]2([CH2-])[C@H](C)CC[C@H]2C)[C@H](C)CC[C@H]1C. The lowest BCUT2D eigenvalue weighted by molar-refractivity contribution is 0.777. The summed E-state index contributed by atoms with van der Waals surface area (Å²) < 4.78 is 0. The van der Waals surface area contributed by atoms with Crippen molar-refractivity contribution in [2.75, 3.05) is 0 Å². The van der Waals surface area contributed by atoms with E-state index in [1.165, 1.54) is 36.6 Å². The van der Waals surface area contributed by atoms with Gasteiger partial charge in [0.2, 0.25) is 10.9 Å². The molecule has 2 aliphatic heterocycles. The maximum Gasteiger partial charge on any atom is 0.212 e. The molecule has 0 bridgehead atoms. The average Bonchev–Trinajstić information content (AvgIpc) is 3.06. The topological polar surface area (TPSA) is 25.8 Å². The van der Waals surface area contributed by atoms with Gasteiger partial charge in [-0.2, -0.15) is 13.3 Å². The van der Waals surface area contributed by atoms with Gasteiger partial charge in [-0.25, -0.2) is 9.97 Å². The van der Waals surface area contributed by atoms with Gasteiger partial charge in [-0.05, 0) is 65.5 Å². The van der Waals surface area contributed by atoms with Crippen LogP contribution in [0.3, 0.4) is 0 Å². The van der Waals surface area contributed by atoms with Crippen molar-refractivity contribution in [2.24, 2.45) is 0 Å². The van der Waals surface area contributed by atoms with E-state index < -0.39 is 14.5 Å². The molecule has 1 aromatic carbocycles. The first-order valence-electron chi connectivity index (χ1n) is 10.0. The van der Waals surface area contributed by atoms with Gasteiger partial charge in [0, 0.05) is 22.6 Å². The Kier molecular flexibility index (Phi) is 4.69. The molecule has 4 rings (SSSR count). The van der Waals surface area contributed by atoms with Gasteiger partial charge in [-0.1, -0.05) is 26.7 Å². The molecule has 2 fully saturated rings. The summed E-state index contributed by atoms with van der Waals surface area (Å²) in [5.74, 6) is 0. The largest absolute Gasteiger partial charge is 0.212 e. The Morgan fingerprint density at radius 3 is 1.31 bits per heavy atom.